The third kappa shape index (κ3) is 8.12. The molecule has 0 fully saturated rings. The topological polar surface area (TPSA) is 84.9 Å². The number of amides is 1. The number of allylic oxidation sites excluding steroid dienone is 1. The number of alkyl carbamates (subject to hydrolysis) is 1. The average Bonchev–Trinajstić information content (AvgIpc) is 2.08. The van der Waals surface area contributed by atoms with Gasteiger partial charge in [-0.3, -0.25) is 0 Å². The van der Waals surface area contributed by atoms with Gasteiger partial charge < -0.3 is 19.9 Å². The van der Waals surface area contributed by atoms with Gasteiger partial charge in [-0.15, -0.1) is 0 Å². The van der Waals surface area contributed by atoms with Crippen LogP contribution in [0.1, 0.15) is 27.7 Å². The summed E-state index contributed by atoms with van der Waals surface area (Å²) in [7, 11) is 0. The van der Waals surface area contributed by atoms with Gasteiger partial charge in [0, 0.05) is 0 Å². The summed E-state index contributed by atoms with van der Waals surface area (Å²) in [6.45, 7) is 9.93. The zero-order chi connectivity index (χ0) is 13.6. The normalized spacial score (nSPS) is 12.5. The molecule has 2 N–H and O–H groups in total. The van der Waals surface area contributed by atoms with Crippen molar-refractivity contribution in [2.24, 2.45) is 0 Å². The molecule has 0 aromatic carbocycles. The first kappa shape index (κ1) is 15.3. The molecule has 0 aromatic heterocycles. The molecule has 0 unspecified atom stereocenters. The van der Waals surface area contributed by atoms with E-state index >= 15 is 0 Å². The van der Waals surface area contributed by atoms with Crippen molar-refractivity contribution in [3.05, 3.63) is 12.3 Å². The second-order valence-electron chi connectivity index (χ2n) is 4.55. The molecular formula is C11H19NO5. The van der Waals surface area contributed by atoms with E-state index in [9.17, 15) is 9.59 Å². The van der Waals surface area contributed by atoms with Crippen molar-refractivity contribution in [3.63, 3.8) is 0 Å². The van der Waals surface area contributed by atoms with E-state index in [1.807, 2.05) is 0 Å². The van der Waals surface area contributed by atoms with Crippen LogP contribution in [0.5, 0.6) is 0 Å². The van der Waals surface area contributed by atoms with Crippen LogP contribution in [0.15, 0.2) is 12.3 Å². The Morgan fingerprint density at radius 3 is 2.29 bits per heavy atom. The quantitative estimate of drug-likeness (QED) is 0.717. The summed E-state index contributed by atoms with van der Waals surface area (Å²) >= 11 is 0. The second-order valence-corrected chi connectivity index (χ2v) is 4.55. The monoisotopic (exact) mass is 245 g/mol. The van der Waals surface area contributed by atoms with Gasteiger partial charge >= 0.3 is 12.1 Å². The number of carboxylic acid groups (broad SMARTS) is 1. The first-order valence-corrected chi connectivity index (χ1v) is 5.12. The van der Waals surface area contributed by atoms with Crippen molar-refractivity contribution >= 4 is 12.1 Å². The SMILES string of the molecule is C=C(C)OC[C@@H](NC(=O)OC(C)(C)C)C(=O)O. The van der Waals surface area contributed by atoms with E-state index < -0.39 is 23.7 Å². The molecule has 0 bridgehead atoms. The first-order chi connectivity index (χ1) is 7.61. The lowest BCUT2D eigenvalue weighted by Crippen LogP contribution is -2.46. The van der Waals surface area contributed by atoms with E-state index in [2.05, 4.69) is 11.9 Å². The van der Waals surface area contributed by atoms with Gasteiger partial charge in [-0.1, -0.05) is 6.58 Å². The van der Waals surface area contributed by atoms with Crippen molar-refractivity contribution in [1.82, 2.24) is 5.32 Å². The summed E-state index contributed by atoms with van der Waals surface area (Å²) < 4.78 is 9.88. The molecule has 0 spiro atoms. The molecule has 1 atom stereocenters. The lowest BCUT2D eigenvalue weighted by Gasteiger charge is -2.22. The van der Waals surface area contributed by atoms with E-state index in [1.54, 1.807) is 27.7 Å². The highest BCUT2D eigenvalue weighted by Crippen LogP contribution is 2.07. The summed E-state index contributed by atoms with van der Waals surface area (Å²) in [5.74, 6) is -0.820. The third-order valence-corrected chi connectivity index (χ3v) is 1.49. The average molecular weight is 245 g/mol. The van der Waals surface area contributed by atoms with Crippen LogP contribution in [0, 0.1) is 0 Å². The standard InChI is InChI=1S/C11H19NO5/c1-7(2)16-6-8(9(13)14)12-10(15)17-11(3,4)5/h8H,1,6H2,2-5H3,(H,12,15)(H,13,14)/t8-/m1/s1. The second kappa shape index (κ2) is 6.12. The van der Waals surface area contributed by atoms with Crippen molar-refractivity contribution in [2.45, 2.75) is 39.3 Å². The molecule has 6 nitrogen and oxygen atoms in total. The predicted molar refractivity (Wildman–Crippen MR) is 61.6 cm³/mol. The number of hydrogen-bond donors (Lipinski definition) is 2. The molecule has 0 aromatic rings. The van der Waals surface area contributed by atoms with Crippen LogP contribution in [-0.4, -0.2) is 35.4 Å². The number of nitrogens with one attached hydrogen (secondary N) is 1. The number of aliphatic carboxylic acids is 1. The van der Waals surface area contributed by atoms with Crippen LogP contribution in [0.2, 0.25) is 0 Å². The largest absolute Gasteiger partial charge is 0.496 e. The Morgan fingerprint density at radius 2 is 1.94 bits per heavy atom. The van der Waals surface area contributed by atoms with Crippen molar-refractivity contribution in [1.29, 1.82) is 0 Å². The minimum absolute atomic E-state index is 0.191. The Labute approximate surface area is 101 Å². The van der Waals surface area contributed by atoms with Gasteiger partial charge in [-0.25, -0.2) is 9.59 Å². The molecular weight excluding hydrogens is 226 g/mol. The van der Waals surface area contributed by atoms with Crippen LogP contribution in [-0.2, 0) is 14.3 Å². The molecule has 0 heterocycles. The Kier molecular flexibility index (Phi) is 5.50. The van der Waals surface area contributed by atoms with Crippen LogP contribution in [0.4, 0.5) is 4.79 Å². The molecule has 98 valence electrons. The van der Waals surface area contributed by atoms with E-state index in [0.717, 1.165) is 0 Å². The van der Waals surface area contributed by atoms with E-state index in [0.29, 0.717) is 5.76 Å². The Bertz CT molecular complexity index is 305. The first-order valence-electron chi connectivity index (χ1n) is 5.12. The number of carbonyl (C=O) groups is 2. The Morgan fingerprint density at radius 1 is 1.41 bits per heavy atom. The van der Waals surface area contributed by atoms with Crippen molar-refractivity contribution < 1.29 is 24.2 Å². The fraction of sp³-hybridized carbons (Fsp3) is 0.636. The third-order valence-electron chi connectivity index (χ3n) is 1.49. The van der Waals surface area contributed by atoms with Crippen molar-refractivity contribution in [2.75, 3.05) is 6.61 Å². The number of hydrogen-bond acceptors (Lipinski definition) is 4. The molecule has 17 heavy (non-hydrogen) atoms. The number of carboxylic acids is 1. The molecule has 6 heteroatoms. The number of carbonyl (C=O) groups excluding carboxylic acids is 1. The highest BCUT2D eigenvalue weighted by molar-refractivity contribution is 5.80. The van der Waals surface area contributed by atoms with Gasteiger partial charge in [-0.05, 0) is 27.7 Å². The van der Waals surface area contributed by atoms with Gasteiger partial charge in [0.1, 0.15) is 12.2 Å². The molecule has 0 aliphatic rings. The maximum absolute atomic E-state index is 11.3. The predicted octanol–water partition coefficient (Wildman–Crippen LogP) is 1.51. The fourth-order valence-electron chi connectivity index (χ4n) is 0.850. The van der Waals surface area contributed by atoms with E-state index in [4.69, 9.17) is 14.6 Å². The minimum atomic E-state index is -1.20. The van der Waals surface area contributed by atoms with Crippen molar-refractivity contribution in [3.8, 4) is 0 Å². The van der Waals surface area contributed by atoms with Crippen LogP contribution < -0.4 is 5.32 Å². The van der Waals surface area contributed by atoms with Crippen LogP contribution >= 0.6 is 0 Å². The molecule has 0 radical (unpaired) electrons. The lowest BCUT2D eigenvalue weighted by molar-refractivity contribution is -0.140. The highest BCUT2D eigenvalue weighted by atomic mass is 16.6. The lowest BCUT2D eigenvalue weighted by atomic mass is 10.2. The number of rotatable bonds is 5. The molecule has 0 aliphatic carbocycles. The Balaban J connectivity index is 4.30. The minimum Gasteiger partial charge on any atom is -0.496 e. The van der Waals surface area contributed by atoms with Gasteiger partial charge in [0.25, 0.3) is 0 Å². The Hall–Kier alpha value is -1.72. The van der Waals surface area contributed by atoms with E-state index in [1.165, 1.54) is 0 Å². The molecule has 0 aliphatic heterocycles. The summed E-state index contributed by atoms with van der Waals surface area (Å²) in [4.78, 5) is 22.2. The van der Waals surface area contributed by atoms with Gasteiger partial charge in [0.05, 0.1) is 5.76 Å². The maximum atomic E-state index is 11.3. The van der Waals surface area contributed by atoms with Gasteiger partial charge in [-0.2, -0.15) is 0 Å². The summed E-state index contributed by atoms with van der Waals surface area (Å²) in [6, 6.07) is -1.17. The zero-order valence-electron chi connectivity index (χ0n) is 10.6. The molecule has 0 rings (SSSR count). The van der Waals surface area contributed by atoms with E-state index in [-0.39, 0.29) is 6.61 Å². The maximum Gasteiger partial charge on any atom is 0.408 e. The van der Waals surface area contributed by atoms with Gasteiger partial charge in [0.15, 0.2) is 6.04 Å². The van der Waals surface area contributed by atoms with Gasteiger partial charge in [0.2, 0.25) is 0 Å². The molecule has 0 saturated carbocycles. The number of ether oxygens (including phenoxy) is 2. The zero-order valence-corrected chi connectivity index (χ0v) is 10.6. The molecule has 1 amide bonds. The van der Waals surface area contributed by atoms with Crippen LogP contribution in [0.3, 0.4) is 0 Å². The highest BCUT2D eigenvalue weighted by Gasteiger charge is 2.24. The fourth-order valence-corrected chi connectivity index (χ4v) is 0.850. The summed E-state index contributed by atoms with van der Waals surface area (Å²) in [5, 5.41) is 11.1. The summed E-state index contributed by atoms with van der Waals surface area (Å²) in [5.41, 5.74) is -0.678. The smallest absolute Gasteiger partial charge is 0.408 e. The molecule has 0 saturated heterocycles. The summed E-state index contributed by atoms with van der Waals surface area (Å²) in [6.07, 6.45) is -0.796. The van der Waals surface area contributed by atoms with Crippen LogP contribution in [0.25, 0.3) is 0 Å².